The number of carbonyl (C=O) groups excluding carboxylic acids is 1. The highest BCUT2D eigenvalue weighted by Crippen LogP contribution is 2.18. The first-order chi connectivity index (χ1) is 3.83. The summed E-state index contributed by atoms with van der Waals surface area (Å²) < 4.78 is 4.10. The zero-order valence-corrected chi connectivity index (χ0v) is 4.52. The SMILES string of the molecule is [CH2]OC(=O)NC1CC1. The molecule has 1 N–H and O–H groups in total. The van der Waals surface area contributed by atoms with E-state index < -0.39 is 6.09 Å². The van der Waals surface area contributed by atoms with Crippen molar-refractivity contribution in [2.75, 3.05) is 0 Å². The van der Waals surface area contributed by atoms with Crippen molar-refractivity contribution in [3.8, 4) is 0 Å². The maximum atomic E-state index is 10.3. The van der Waals surface area contributed by atoms with Gasteiger partial charge in [-0.15, -0.1) is 0 Å². The summed E-state index contributed by atoms with van der Waals surface area (Å²) in [7, 11) is 2.95. The minimum absolute atomic E-state index is 0.365. The molecular formula is C5H8NO2. The van der Waals surface area contributed by atoms with Crippen LogP contribution in [0.5, 0.6) is 0 Å². The molecule has 0 aromatic rings. The lowest BCUT2D eigenvalue weighted by atomic mass is 10.7. The molecule has 0 aromatic heterocycles. The van der Waals surface area contributed by atoms with E-state index in [0.717, 1.165) is 12.8 Å². The summed E-state index contributed by atoms with van der Waals surface area (Å²) in [6.45, 7) is 0. The molecule has 0 saturated heterocycles. The second kappa shape index (κ2) is 2.03. The molecule has 3 nitrogen and oxygen atoms in total. The van der Waals surface area contributed by atoms with Gasteiger partial charge in [-0.1, -0.05) is 0 Å². The molecule has 3 heteroatoms. The normalized spacial score (nSPS) is 17.6. The third kappa shape index (κ3) is 1.40. The number of carbonyl (C=O) groups is 1. The van der Waals surface area contributed by atoms with Crippen LogP contribution in [0.4, 0.5) is 4.79 Å². The smallest absolute Gasteiger partial charge is 0.407 e. The number of hydrogen-bond acceptors (Lipinski definition) is 2. The van der Waals surface area contributed by atoms with Crippen LogP contribution in [0, 0.1) is 7.11 Å². The Bertz CT molecular complexity index is 98.6. The Morgan fingerprint density at radius 3 is 2.75 bits per heavy atom. The Labute approximate surface area is 48.0 Å². The molecule has 1 aliphatic rings. The van der Waals surface area contributed by atoms with E-state index in [9.17, 15) is 4.79 Å². The summed E-state index contributed by atoms with van der Waals surface area (Å²) in [4.78, 5) is 10.3. The van der Waals surface area contributed by atoms with Gasteiger partial charge < -0.3 is 10.1 Å². The van der Waals surface area contributed by atoms with E-state index in [1.807, 2.05) is 0 Å². The van der Waals surface area contributed by atoms with E-state index in [-0.39, 0.29) is 0 Å². The van der Waals surface area contributed by atoms with Crippen LogP contribution in [-0.2, 0) is 4.74 Å². The summed E-state index contributed by atoms with van der Waals surface area (Å²) in [5.74, 6) is 0. The summed E-state index contributed by atoms with van der Waals surface area (Å²) in [5.41, 5.74) is 0. The van der Waals surface area contributed by atoms with Gasteiger partial charge in [-0.05, 0) is 12.8 Å². The first-order valence-electron chi connectivity index (χ1n) is 2.55. The van der Waals surface area contributed by atoms with Crippen molar-refractivity contribution in [3.63, 3.8) is 0 Å². The third-order valence-corrected chi connectivity index (χ3v) is 1.03. The summed E-state index contributed by atoms with van der Waals surface area (Å²) in [6, 6.07) is 0.365. The molecular weight excluding hydrogens is 106 g/mol. The van der Waals surface area contributed by atoms with Gasteiger partial charge in [-0.2, -0.15) is 0 Å². The molecule has 1 rings (SSSR count). The molecule has 0 heterocycles. The van der Waals surface area contributed by atoms with Gasteiger partial charge >= 0.3 is 6.09 Å². The van der Waals surface area contributed by atoms with Gasteiger partial charge in [0.2, 0.25) is 0 Å². The number of nitrogens with one attached hydrogen (secondary N) is 1. The zero-order valence-electron chi connectivity index (χ0n) is 4.52. The van der Waals surface area contributed by atoms with Crippen LogP contribution in [0.1, 0.15) is 12.8 Å². The van der Waals surface area contributed by atoms with E-state index in [1.165, 1.54) is 0 Å². The van der Waals surface area contributed by atoms with Crippen molar-refractivity contribution in [2.24, 2.45) is 0 Å². The number of ether oxygens (including phenoxy) is 1. The van der Waals surface area contributed by atoms with Crippen molar-refractivity contribution in [3.05, 3.63) is 7.11 Å². The van der Waals surface area contributed by atoms with Crippen molar-refractivity contribution in [1.82, 2.24) is 5.32 Å². The van der Waals surface area contributed by atoms with E-state index in [1.54, 1.807) is 0 Å². The average molecular weight is 114 g/mol. The van der Waals surface area contributed by atoms with E-state index in [0.29, 0.717) is 6.04 Å². The monoisotopic (exact) mass is 114 g/mol. The fraction of sp³-hybridized carbons (Fsp3) is 0.600. The molecule has 0 spiro atoms. The fourth-order valence-electron chi connectivity index (χ4n) is 0.436. The largest absolute Gasteiger partial charge is 0.446 e. The van der Waals surface area contributed by atoms with Crippen LogP contribution in [0.3, 0.4) is 0 Å². The molecule has 1 amide bonds. The van der Waals surface area contributed by atoms with Crippen molar-refractivity contribution >= 4 is 6.09 Å². The summed E-state index contributed by atoms with van der Waals surface area (Å²) >= 11 is 0. The van der Waals surface area contributed by atoms with E-state index in [4.69, 9.17) is 0 Å². The van der Waals surface area contributed by atoms with Gasteiger partial charge in [0.15, 0.2) is 0 Å². The van der Waals surface area contributed by atoms with Gasteiger partial charge in [0.1, 0.15) is 7.11 Å². The quantitative estimate of drug-likeness (QED) is 0.544. The maximum absolute atomic E-state index is 10.3. The van der Waals surface area contributed by atoms with Gasteiger partial charge in [0.05, 0.1) is 0 Å². The Morgan fingerprint density at radius 1 is 1.75 bits per heavy atom. The molecule has 1 aliphatic carbocycles. The third-order valence-electron chi connectivity index (χ3n) is 1.03. The standard InChI is InChI=1S/C5H8NO2/c1-8-5(7)6-4-2-3-4/h4H,1-3H2,(H,6,7). The number of hydrogen-bond donors (Lipinski definition) is 1. The average Bonchev–Trinajstić information content (AvgIpc) is 2.50. The Kier molecular flexibility index (Phi) is 1.37. The Morgan fingerprint density at radius 2 is 2.38 bits per heavy atom. The first kappa shape index (κ1) is 5.41. The first-order valence-corrected chi connectivity index (χ1v) is 2.55. The minimum atomic E-state index is -0.424. The summed E-state index contributed by atoms with van der Waals surface area (Å²) in [6.07, 6.45) is 1.73. The van der Waals surface area contributed by atoms with Crippen LogP contribution in [-0.4, -0.2) is 12.1 Å². The van der Waals surface area contributed by atoms with Gasteiger partial charge in [-0.25, -0.2) is 4.79 Å². The molecule has 1 fully saturated rings. The molecule has 1 saturated carbocycles. The highest BCUT2D eigenvalue weighted by molar-refractivity contribution is 5.68. The second-order valence-corrected chi connectivity index (χ2v) is 1.85. The second-order valence-electron chi connectivity index (χ2n) is 1.85. The molecule has 45 valence electrons. The fourth-order valence-corrected chi connectivity index (χ4v) is 0.436. The van der Waals surface area contributed by atoms with Gasteiger partial charge in [0, 0.05) is 6.04 Å². The predicted molar refractivity (Wildman–Crippen MR) is 28.0 cm³/mol. The lowest BCUT2D eigenvalue weighted by molar-refractivity contribution is 0.183. The lowest BCUT2D eigenvalue weighted by Gasteiger charge is -1.96. The molecule has 1 radical (unpaired) electrons. The summed E-state index contributed by atoms with van der Waals surface area (Å²) in [5, 5.41) is 2.58. The van der Waals surface area contributed by atoms with Gasteiger partial charge in [-0.3, -0.25) is 0 Å². The van der Waals surface area contributed by atoms with Crippen molar-refractivity contribution in [2.45, 2.75) is 18.9 Å². The van der Waals surface area contributed by atoms with Crippen LogP contribution in [0.2, 0.25) is 0 Å². The minimum Gasteiger partial charge on any atom is -0.446 e. The number of alkyl carbamates (subject to hydrolysis) is 1. The molecule has 0 aromatic carbocycles. The Hall–Kier alpha value is -0.730. The maximum Gasteiger partial charge on any atom is 0.407 e. The number of rotatable bonds is 1. The number of amides is 1. The molecule has 0 unspecified atom stereocenters. The highest BCUT2D eigenvalue weighted by Gasteiger charge is 2.23. The lowest BCUT2D eigenvalue weighted by Crippen LogP contribution is -2.24. The molecule has 8 heavy (non-hydrogen) atoms. The molecule has 0 aliphatic heterocycles. The van der Waals surface area contributed by atoms with E-state index >= 15 is 0 Å². The molecule has 0 bridgehead atoms. The van der Waals surface area contributed by atoms with E-state index in [2.05, 4.69) is 17.2 Å². The van der Waals surface area contributed by atoms with Crippen molar-refractivity contribution in [1.29, 1.82) is 0 Å². The topological polar surface area (TPSA) is 38.3 Å². The Balaban J connectivity index is 2.07. The van der Waals surface area contributed by atoms with Crippen molar-refractivity contribution < 1.29 is 9.53 Å². The zero-order chi connectivity index (χ0) is 5.98. The molecule has 0 atom stereocenters. The van der Waals surface area contributed by atoms with Gasteiger partial charge in [0.25, 0.3) is 0 Å². The van der Waals surface area contributed by atoms with Crippen LogP contribution in [0.25, 0.3) is 0 Å². The van der Waals surface area contributed by atoms with Crippen LogP contribution in [0.15, 0.2) is 0 Å². The van der Waals surface area contributed by atoms with Crippen LogP contribution < -0.4 is 5.32 Å². The predicted octanol–water partition coefficient (Wildman–Crippen LogP) is 0.667. The van der Waals surface area contributed by atoms with Crippen LogP contribution >= 0.6 is 0 Å². The highest BCUT2D eigenvalue weighted by atomic mass is 16.5.